The van der Waals surface area contributed by atoms with Crippen molar-refractivity contribution in [2.24, 2.45) is 0 Å². The Labute approximate surface area is 186 Å². The molecule has 5 rings (SSSR count). The van der Waals surface area contributed by atoms with Crippen LogP contribution in [0.25, 0.3) is 21.9 Å². The van der Waals surface area contributed by atoms with Crippen molar-refractivity contribution in [3.05, 3.63) is 92.9 Å². The molecule has 0 saturated heterocycles. The van der Waals surface area contributed by atoms with Crippen molar-refractivity contribution in [3.8, 4) is 0 Å². The average Bonchev–Trinajstić information content (AvgIpc) is 3.34. The Morgan fingerprint density at radius 3 is 2.67 bits per heavy atom. The van der Waals surface area contributed by atoms with Crippen LogP contribution >= 0.6 is 34.5 Å². The van der Waals surface area contributed by atoms with E-state index < -0.39 is 0 Å². The van der Waals surface area contributed by atoms with E-state index in [0.29, 0.717) is 27.2 Å². The Morgan fingerprint density at radius 2 is 1.80 bits per heavy atom. The van der Waals surface area contributed by atoms with Crippen molar-refractivity contribution < 1.29 is 9.21 Å². The van der Waals surface area contributed by atoms with Gasteiger partial charge in [0.1, 0.15) is 11.2 Å². The van der Waals surface area contributed by atoms with Crippen LogP contribution in [0, 0.1) is 0 Å². The predicted molar refractivity (Wildman–Crippen MR) is 123 cm³/mol. The summed E-state index contributed by atoms with van der Waals surface area (Å²) in [6, 6.07) is 18.7. The standard InChI is InChI=1S/C23H14Cl2N2O2S/c24-18-7-5-13(10-19(18)25)9-15-12-26-23(30-15)27-22(28)14-6-8-21-17(11-14)16-3-1-2-4-20(16)29-21/h1-8,10-12H,9H2,(H,26,27,28). The second kappa shape index (κ2) is 7.76. The third kappa shape index (κ3) is 3.67. The first-order chi connectivity index (χ1) is 14.6. The van der Waals surface area contributed by atoms with Crippen LogP contribution in [0.15, 0.2) is 71.3 Å². The zero-order chi connectivity index (χ0) is 20.7. The first-order valence-corrected chi connectivity index (χ1v) is 10.8. The van der Waals surface area contributed by atoms with E-state index in [1.54, 1.807) is 18.3 Å². The van der Waals surface area contributed by atoms with E-state index in [9.17, 15) is 4.79 Å². The number of furan rings is 1. The smallest absolute Gasteiger partial charge is 0.257 e. The zero-order valence-corrected chi connectivity index (χ0v) is 17.8. The van der Waals surface area contributed by atoms with Crippen molar-refractivity contribution in [3.63, 3.8) is 0 Å². The Balaban J connectivity index is 1.35. The molecule has 1 amide bonds. The highest BCUT2D eigenvalue weighted by Gasteiger charge is 2.13. The number of thiazole rings is 1. The van der Waals surface area contributed by atoms with Crippen LogP contribution in [0.3, 0.4) is 0 Å². The number of fused-ring (bicyclic) bond motifs is 3. The molecule has 0 fully saturated rings. The van der Waals surface area contributed by atoms with E-state index in [1.807, 2.05) is 48.5 Å². The molecular formula is C23H14Cl2N2O2S. The van der Waals surface area contributed by atoms with Crippen LogP contribution in [0.5, 0.6) is 0 Å². The number of nitrogens with zero attached hydrogens (tertiary/aromatic N) is 1. The maximum Gasteiger partial charge on any atom is 0.257 e. The third-order valence-corrected chi connectivity index (χ3v) is 6.43. The van der Waals surface area contributed by atoms with Crippen LogP contribution in [-0.4, -0.2) is 10.9 Å². The molecule has 0 aliphatic heterocycles. The van der Waals surface area contributed by atoms with E-state index in [4.69, 9.17) is 27.6 Å². The Bertz CT molecular complexity index is 1410. The highest BCUT2D eigenvalue weighted by atomic mass is 35.5. The van der Waals surface area contributed by atoms with Gasteiger partial charge in [0.15, 0.2) is 5.13 Å². The summed E-state index contributed by atoms with van der Waals surface area (Å²) in [6.07, 6.45) is 2.42. The zero-order valence-electron chi connectivity index (χ0n) is 15.5. The number of halogens is 2. The number of hydrogen-bond donors (Lipinski definition) is 1. The van der Waals surface area contributed by atoms with Crippen molar-refractivity contribution >= 4 is 67.5 Å². The number of amides is 1. The molecule has 5 aromatic rings. The van der Waals surface area contributed by atoms with Gasteiger partial charge in [-0.25, -0.2) is 4.98 Å². The van der Waals surface area contributed by atoms with Gasteiger partial charge < -0.3 is 4.42 Å². The van der Waals surface area contributed by atoms with E-state index in [1.165, 1.54) is 11.3 Å². The Morgan fingerprint density at radius 1 is 0.967 bits per heavy atom. The Kier molecular flexibility index (Phi) is 4.95. The normalized spacial score (nSPS) is 11.3. The second-order valence-corrected chi connectivity index (χ2v) is 8.75. The monoisotopic (exact) mass is 452 g/mol. The maximum atomic E-state index is 12.8. The molecule has 0 unspecified atom stereocenters. The van der Waals surface area contributed by atoms with Gasteiger partial charge in [-0.05, 0) is 42.0 Å². The lowest BCUT2D eigenvalue weighted by Crippen LogP contribution is -2.11. The minimum absolute atomic E-state index is 0.211. The fraction of sp³-hybridized carbons (Fsp3) is 0.0435. The summed E-state index contributed by atoms with van der Waals surface area (Å²) in [4.78, 5) is 18.1. The van der Waals surface area contributed by atoms with Gasteiger partial charge in [-0.1, -0.05) is 47.5 Å². The predicted octanol–water partition coefficient (Wildman–Crippen LogP) is 7.19. The van der Waals surface area contributed by atoms with Gasteiger partial charge in [-0.3, -0.25) is 10.1 Å². The molecule has 0 aliphatic rings. The molecule has 0 spiro atoms. The number of hydrogen-bond acceptors (Lipinski definition) is 4. The number of nitrogens with one attached hydrogen (secondary N) is 1. The molecule has 0 radical (unpaired) electrons. The van der Waals surface area contributed by atoms with E-state index in [-0.39, 0.29) is 5.91 Å². The molecule has 2 heterocycles. The van der Waals surface area contributed by atoms with Crippen LogP contribution < -0.4 is 5.32 Å². The first kappa shape index (κ1) is 19.1. The molecule has 148 valence electrons. The van der Waals surface area contributed by atoms with Gasteiger partial charge in [-0.2, -0.15) is 0 Å². The quantitative estimate of drug-likeness (QED) is 0.313. The average molecular weight is 453 g/mol. The largest absolute Gasteiger partial charge is 0.456 e. The van der Waals surface area contributed by atoms with Crippen LogP contribution in [0.1, 0.15) is 20.8 Å². The summed E-state index contributed by atoms with van der Waals surface area (Å²) >= 11 is 13.5. The molecule has 0 aliphatic carbocycles. The lowest BCUT2D eigenvalue weighted by atomic mass is 10.1. The summed E-state index contributed by atoms with van der Waals surface area (Å²) < 4.78 is 5.82. The molecule has 0 saturated carbocycles. The SMILES string of the molecule is O=C(Nc1ncc(Cc2ccc(Cl)c(Cl)c2)s1)c1ccc2oc3ccccc3c2c1. The first-order valence-electron chi connectivity index (χ1n) is 9.18. The van der Waals surface area contributed by atoms with E-state index >= 15 is 0 Å². The van der Waals surface area contributed by atoms with Crippen LogP contribution in [0.4, 0.5) is 5.13 Å². The molecule has 1 N–H and O–H groups in total. The molecule has 7 heteroatoms. The number of anilines is 1. The molecule has 3 aromatic carbocycles. The van der Waals surface area contributed by atoms with Crippen LogP contribution in [-0.2, 0) is 6.42 Å². The van der Waals surface area contributed by atoms with E-state index in [2.05, 4.69) is 10.3 Å². The molecule has 0 atom stereocenters. The highest BCUT2D eigenvalue weighted by molar-refractivity contribution is 7.15. The number of benzene rings is 3. The van der Waals surface area contributed by atoms with Crippen LogP contribution in [0.2, 0.25) is 10.0 Å². The van der Waals surface area contributed by atoms with Gasteiger partial charge in [0, 0.05) is 33.8 Å². The van der Waals surface area contributed by atoms with Crippen molar-refractivity contribution in [1.82, 2.24) is 4.98 Å². The molecular weight excluding hydrogens is 439 g/mol. The number of carbonyl (C=O) groups is 1. The third-order valence-electron chi connectivity index (χ3n) is 4.78. The molecule has 2 aromatic heterocycles. The lowest BCUT2D eigenvalue weighted by molar-refractivity contribution is 0.102. The number of carbonyl (C=O) groups excluding carboxylic acids is 1. The highest BCUT2D eigenvalue weighted by Crippen LogP contribution is 2.30. The number of para-hydroxylation sites is 1. The van der Waals surface area contributed by atoms with Gasteiger partial charge in [0.05, 0.1) is 10.0 Å². The summed E-state index contributed by atoms with van der Waals surface area (Å²) in [7, 11) is 0. The summed E-state index contributed by atoms with van der Waals surface area (Å²) in [5.41, 5.74) is 3.14. The maximum absolute atomic E-state index is 12.8. The Hall–Kier alpha value is -2.86. The van der Waals surface area contributed by atoms with E-state index in [0.717, 1.165) is 32.4 Å². The number of aromatic nitrogens is 1. The van der Waals surface area contributed by atoms with Crippen molar-refractivity contribution in [1.29, 1.82) is 0 Å². The fourth-order valence-corrected chi connectivity index (χ4v) is 4.50. The van der Waals surface area contributed by atoms with Gasteiger partial charge in [0.2, 0.25) is 0 Å². The number of rotatable bonds is 4. The summed E-state index contributed by atoms with van der Waals surface area (Å²) in [5.74, 6) is -0.211. The summed E-state index contributed by atoms with van der Waals surface area (Å²) in [6.45, 7) is 0. The lowest BCUT2D eigenvalue weighted by Gasteiger charge is -2.02. The van der Waals surface area contributed by atoms with Gasteiger partial charge in [-0.15, -0.1) is 11.3 Å². The minimum atomic E-state index is -0.211. The molecule has 4 nitrogen and oxygen atoms in total. The minimum Gasteiger partial charge on any atom is -0.456 e. The molecule has 30 heavy (non-hydrogen) atoms. The van der Waals surface area contributed by atoms with Gasteiger partial charge >= 0.3 is 0 Å². The summed E-state index contributed by atoms with van der Waals surface area (Å²) in [5, 5.41) is 6.38. The topological polar surface area (TPSA) is 55.1 Å². The van der Waals surface area contributed by atoms with Crippen molar-refractivity contribution in [2.75, 3.05) is 5.32 Å². The van der Waals surface area contributed by atoms with Crippen molar-refractivity contribution in [2.45, 2.75) is 6.42 Å². The second-order valence-electron chi connectivity index (χ2n) is 6.82. The molecule has 0 bridgehead atoms. The van der Waals surface area contributed by atoms with Gasteiger partial charge in [0.25, 0.3) is 5.91 Å². The fourth-order valence-electron chi connectivity index (χ4n) is 3.33.